The van der Waals surface area contributed by atoms with Crippen LogP contribution >= 0.6 is 0 Å². The molecule has 0 spiro atoms. The number of rotatable bonds is 6. The SMILES string of the molecule is CCC(N)C(c1cccc(C)c1)N(C)C(C)(C)CO. The van der Waals surface area contributed by atoms with Crippen molar-refractivity contribution in [3.05, 3.63) is 35.4 Å². The van der Waals surface area contributed by atoms with Gasteiger partial charge in [0.25, 0.3) is 0 Å². The highest BCUT2D eigenvalue weighted by atomic mass is 16.3. The van der Waals surface area contributed by atoms with Gasteiger partial charge in [0.15, 0.2) is 0 Å². The standard InChI is InChI=1S/C16H28N2O/c1-6-14(17)15(18(5)16(3,4)11-19)13-9-7-8-12(2)10-13/h7-10,14-15,19H,6,11,17H2,1-5H3. The Balaban J connectivity index is 3.15. The number of aryl methyl sites for hydroxylation is 1. The van der Waals surface area contributed by atoms with E-state index in [9.17, 15) is 5.11 Å². The first-order valence-electron chi connectivity index (χ1n) is 6.99. The zero-order valence-corrected chi connectivity index (χ0v) is 12.9. The second kappa shape index (κ2) is 6.51. The van der Waals surface area contributed by atoms with Gasteiger partial charge in [-0.15, -0.1) is 0 Å². The zero-order chi connectivity index (χ0) is 14.6. The maximum Gasteiger partial charge on any atom is 0.0610 e. The van der Waals surface area contributed by atoms with E-state index in [-0.39, 0.29) is 24.2 Å². The number of nitrogens with two attached hydrogens (primary N) is 1. The lowest BCUT2D eigenvalue weighted by molar-refractivity contribution is 0.0345. The molecule has 1 aromatic carbocycles. The van der Waals surface area contributed by atoms with E-state index in [1.165, 1.54) is 11.1 Å². The van der Waals surface area contributed by atoms with Crippen LogP contribution in [0.2, 0.25) is 0 Å². The van der Waals surface area contributed by atoms with Gasteiger partial charge >= 0.3 is 0 Å². The molecule has 3 heteroatoms. The van der Waals surface area contributed by atoms with E-state index in [0.717, 1.165) is 6.42 Å². The average Bonchev–Trinajstić information content (AvgIpc) is 2.38. The average molecular weight is 264 g/mol. The van der Waals surface area contributed by atoms with Crippen molar-refractivity contribution in [3.63, 3.8) is 0 Å². The number of nitrogens with zero attached hydrogens (tertiary/aromatic N) is 1. The Bertz CT molecular complexity index is 403. The van der Waals surface area contributed by atoms with Crippen molar-refractivity contribution in [2.75, 3.05) is 13.7 Å². The van der Waals surface area contributed by atoms with E-state index in [4.69, 9.17) is 5.73 Å². The Morgan fingerprint density at radius 3 is 2.47 bits per heavy atom. The second-order valence-corrected chi connectivity index (χ2v) is 6.01. The van der Waals surface area contributed by atoms with Crippen molar-refractivity contribution in [2.45, 2.75) is 51.7 Å². The molecule has 0 aliphatic carbocycles. The minimum absolute atomic E-state index is 0.0534. The smallest absolute Gasteiger partial charge is 0.0610 e. The van der Waals surface area contributed by atoms with Gasteiger partial charge in [-0.1, -0.05) is 36.8 Å². The summed E-state index contributed by atoms with van der Waals surface area (Å²) < 4.78 is 0. The van der Waals surface area contributed by atoms with Gasteiger partial charge in [-0.3, -0.25) is 4.90 Å². The van der Waals surface area contributed by atoms with Crippen LogP contribution in [0.4, 0.5) is 0 Å². The van der Waals surface area contributed by atoms with Crippen LogP contribution in [0.1, 0.15) is 44.4 Å². The van der Waals surface area contributed by atoms with Gasteiger partial charge in [0.05, 0.1) is 12.6 Å². The molecule has 0 aliphatic heterocycles. The highest BCUT2D eigenvalue weighted by Crippen LogP contribution is 2.30. The van der Waals surface area contributed by atoms with E-state index in [2.05, 4.69) is 43.0 Å². The molecule has 0 amide bonds. The lowest BCUT2D eigenvalue weighted by atomic mass is 9.91. The first-order chi connectivity index (χ1) is 8.83. The van der Waals surface area contributed by atoms with Crippen LogP contribution in [0, 0.1) is 6.92 Å². The minimum atomic E-state index is -0.290. The maximum atomic E-state index is 9.59. The summed E-state index contributed by atoms with van der Waals surface area (Å²) in [4.78, 5) is 2.19. The molecule has 19 heavy (non-hydrogen) atoms. The molecule has 0 aliphatic rings. The molecule has 0 bridgehead atoms. The van der Waals surface area contributed by atoms with Crippen molar-refractivity contribution in [1.82, 2.24) is 4.90 Å². The third-order valence-corrected chi connectivity index (χ3v) is 4.02. The quantitative estimate of drug-likeness (QED) is 0.830. The third-order valence-electron chi connectivity index (χ3n) is 4.02. The van der Waals surface area contributed by atoms with Gasteiger partial charge in [0.2, 0.25) is 0 Å². The van der Waals surface area contributed by atoms with Crippen molar-refractivity contribution in [3.8, 4) is 0 Å². The summed E-state index contributed by atoms with van der Waals surface area (Å²) in [7, 11) is 2.04. The van der Waals surface area contributed by atoms with E-state index in [1.54, 1.807) is 0 Å². The molecule has 3 N–H and O–H groups in total. The number of likely N-dealkylation sites (N-methyl/N-ethyl adjacent to an activating group) is 1. The van der Waals surface area contributed by atoms with Crippen LogP contribution in [0.25, 0.3) is 0 Å². The van der Waals surface area contributed by atoms with Crippen molar-refractivity contribution in [1.29, 1.82) is 0 Å². The summed E-state index contributed by atoms with van der Waals surface area (Å²) in [6.45, 7) is 8.39. The lowest BCUT2D eigenvalue weighted by Crippen LogP contribution is -2.51. The highest BCUT2D eigenvalue weighted by molar-refractivity contribution is 5.26. The number of benzene rings is 1. The van der Waals surface area contributed by atoms with Gasteiger partial charge in [-0.25, -0.2) is 0 Å². The molecule has 0 heterocycles. The second-order valence-electron chi connectivity index (χ2n) is 6.01. The Kier molecular flexibility index (Phi) is 5.53. The van der Waals surface area contributed by atoms with Crippen LogP contribution in [-0.4, -0.2) is 35.2 Å². The predicted octanol–water partition coefficient (Wildman–Crippen LogP) is 2.48. The predicted molar refractivity (Wildman–Crippen MR) is 81.1 cm³/mol. The topological polar surface area (TPSA) is 49.5 Å². The molecular formula is C16H28N2O. The van der Waals surface area contributed by atoms with Gasteiger partial charge in [-0.2, -0.15) is 0 Å². The fourth-order valence-electron chi connectivity index (χ4n) is 2.32. The van der Waals surface area contributed by atoms with E-state index < -0.39 is 0 Å². The molecule has 0 saturated carbocycles. The number of hydrogen-bond acceptors (Lipinski definition) is 3. The molecule has 0 aromatic heterocycles. The Morgan fingerprint density at radius 2 is 2.00 bits per heavy atom. The molecule has 108 valence electrons. The van der Waals surface area contributed by atoms with E-state index in [1.807, 2.05) is 20.9 Å². The minimum Gasteiger partial charge on any atom is -0.394 e. The van der Waals surface area contributed by atoms with Crippen molar-refractivity contribution >= 4 is 0 Å². The first-order valence-corrected chi connectivity index (χ1v) is 6.99. The largest absolute Gasteiger partial charge is 0.394 e. The molecule has 1 aromatic rings. The molecule has 0 saturated heterocycles. The van der Waals surface area contributed by atoms with Crippen LogP contribution in [-0.2, 0) is 0 Å². The molecule has 2 unspecified atom stereocenters. The lowest BCUT2D eigenvalue weighted by Gasteiger charge is -2.42. The molecular weight excluding hydrogens is 236 g/mol. The summed E-state index contributed by atoms with van der Waals surface area (Å²) in [5.74, 6) is 0. The zero-order valence-electron chi connectivity index (χ0n) is 12.9. The number of aliphatic hydroxyl groups excluding tert-OH is 1. The Morgan fingerprint density at radius 1 is 1.37 bits per heavy atom. The summed E-state index contributed by atoms with van der Waals surface area (Å²) in [6, 6.07) is 8.64. The summed E-state index contributed by atoms with van der Waals surface area (Å²) in [6.07, 6.45) is 0.907. The van der Waals surface area contributed by atoms with Gasteiger partial charge in [-0.05, 0) is 39.8 Å². The third kappa shape index (κ3) is 3.78. The number of aliphatic hydroxyl groups is 1. The highest BCUT2D eigenvalue weighted by Gasteiger charge is 2.32. The van der Waals surface area contributed by atoms with Gasteiger partial charge < -0.3 is 10.8 Å². The molecule has 0 radical (unpaired) electrons. The number of hydrogen-bond donors (Lipinski definition) is 2. The fraction of sp³-hybridized carbons (Fsp3) is 0.625. The summed E-state index contributed by atoms with van der Waals surface area (Å²) >= 11 is 0. The fourth-order valence-corrected chi connectivity index (χ4v) is 2.32. The van der Waals surface area contributed by atoms with Crippen LogP contribution in [0.5, 0.6) is 0 Å². The molecule has 2 atom stereocenters. The van der Waals surface area contributed by atoms with E-state index in [0.29, 0.717) is 0 Å². The van der Waals surface area contributed by atoms with Crippen molar-refractivity contribution in [2.24, 2.45) is 5.73 Å². The monoisotopic (exact) mass is 264 g/mol. The van der Waals surface area contributed by atoms with Crippen LogP contribution in [0.3, 0.4) is 0 Å². The first kappa shape index (κ1) is 16.2. The maximum absolute atomic E-state index is 9.59. The van der Waals surface area contributed by atoms with E-state index >= 15 is 0 Å². The van der Waals surface area contributed by atoms with Crippen LogP contribution < -0.4 is 5.73 Å². The van der Waals surface area contributed by atoms with Gasteiger partial charge in [0, 0.05) is 11.6 Å². The normalized spacial score (nSPS) is 15.6. The van der Waals surface area contributed by atoms with Crippen LogP contribution in [0.15, 0.2) is 24.3 Å². The Labute approximate surface area is 117 Å². The Hall–Kier alpha value is -0.900. The molecule has 0 fully saturated rings. The molecule has 1 rings (SSSR count). The van der Waals surface area contributed by atoms with Crippen molar-refractivity contribution < 1.29 is 5.11 Å². The summed E-state index contributed by atoms with van der Waals surface area (Å²) in [5, 5.41) is 9.59. The van der Waals surface area contributed by atoms with Gasteiger partial charge in [0.1, 0.15) is 0 Å². The summed E-state index contributed by atoms with van der Waals surface area (Å²) in [5.41, 5.74) is 8.50. The molecule has 3 nitrogen and oxygen atoms in total.